The molecule has 10 heteroatoms. The van der Waals surface area contributed by atoms with E-state index in [1.165, 1.54) is 23.1 Å². The number of rotatable bonds is 8. The Morgan fingerprint density at radius 2 is 2.03 bits per heavy atom. The number of thioether (sulfide) groups is 1. The molecule has 0 fully saturated rings. The van der Waals surface area contributed by atoms with Gasteiger partial charge in [0, 0.05) is 23.8 Å². The summed E-state index contributed by atoms with van der Waals surface area (Å²) in [5.74, 6) is 0.250. The second-order valence-corrected chi connectivity index (χ2v) is 8.98. The maximum absolute atomic E-state index is 12.5. The van der Waals surface area contributed by atoms with Crippen molar-refractivity contribution in [2.24, 2.45) is 0 Å². The normalized spacial score (nSPS) is 11.9. The molecule has 3 aromatic rings. The fourth-order valence-electron chi connectivity index (χ4n) is 2.85. The molecule has 0 saturated carbocycles. The standard InChI is InChI=1S/C20H24N6O2S2/c1-5-26-16(11-17(27)22-15-7-6-12(2)10-13(15)3)24-25-20(26)30-14(4)18(28)23-19-21-8-9-29-19/h6-10,14H,5,11H2,1-4H3,(H,22,27)(H,21,23,28)/t14-/m0/s1. The molecule has 2 heterocycles. The van der Waals surface area contributed by atoms with Crippen LogP contribution in [0.4, 0.5) is 10.8 Å². The number of benzene rings is 1. The first kappa shape index (κ1) is 22.0. The van der Waals surface area contributed by atoms with Crippen LogP contribution in [0.3, 0.4) is 0 Å². The molecule has 0 aliphatic carbocycles. The molecule has 1 atom stereocenters. The van der Waals surface area contributed by atoms with E-state index in [0.717, 1.165) is 16.8 Å². The number of carbonyl (C=O) groups excluding carboxylic acids is 2. The zero-order chi connectivity index (χ0) is 21.7. The lowest BCUT2D eigenvalue weighted by Crippen LogP contribution is -2.23. The van der Waals surface area contributed by atoms with Crippen LogP contribution in [0, 0.1) is 13.8 Å². The van der Waals surface area contributed by atoms with Gasteiger partial charge in [-0.25, -0.2) is 4.98 Å². The van der Waals surface area contributed by atoms with Crippen LogP contribution in [-0.2, 0) is 22.6 Å². The van der Waals surface area contributed by atoms with Gasteiger partial charge in [-0.15, -0.1) is 21.5 Å². The molecule has 2 N–H and O–H groups in total. The number of amides is 2. The van der Waals surface area contributed by atoms with Crippen molar-refractivity contribution in [3.8, 4) is 0 Å². The van der Waals surface area contributed by atoms with Crippen molar-refractivity contribution in [2.75, 3.05) is 10.6 Å². The highest BCUT2D eigenvalue weighted by molar-refractivity contribution is 8.00. The van der Waals surface area contributed by atoms with E-state index in [2.05, 4.69) is 25.8 Å². The molecule has 1 aromatic carbocycles. The second-order valence-electron chi connectivity index (χ2n) is 6.77. The van der Waals surface area contributed by atoms with Gasteiger partial charge in [0.15, 0.2) is 10.3 Å². The quantitative estimate of drug-likeness (QED) is 0.514. The summed E-state index contributed by atoms with van der Waals surface area (Å²) < 4.78 is 1.86. The highest BCUT2D eigenvalue weighted by atomic mass is 32.2. The molecule has 0 saturated heterocycles. The third-order valence-electron chi connectivity index (χ3n) is 4.40. The Labute approximate surface area is 183 Å². The maximum Gasteiger partial charge on any atom is 0.239 e. The number of aromatic nitrogens is 4. The van der Waals surface area contributed by atoms with Gasteiger partial charge in [0.1, 0.15) is 5.82 Å². The summed E-state index contributed by atoms with van der Waals surface area (Å²) in [6.07, 6.45) is 1.75. The number of nitrogens with one attached hydrogen (secondary N) is 2. The molecule has 30 heavy (non-hydrogen) atoms. The lowest BCUT2D eigenvalue weighted by molar-refractivity contribution is -0.116. The fraction of sp³-hybridized carbons (Fsp3) is 0.350. The number of carbonyl (C=O) groups is 2. The minimum absolute atomic E-state index is 0.106. The van der Waals surface area contributed by atoms with E-state index in [9.17, 15) is 9.59 Å². The van der Waals surface area contributed by atoms with Crippen molar-refractivity contribution in [1.29, 1.82) is 0 Å². The first-order valence-corrected chi connectivity index (χ1v) is 11.3. The average Bonchev–Trinajstić information content (AvgIpc) is 3.33. The van der Waals surface area contributed by atoms with Gasteiger partial charge in [0.05, 0.1) is 11.7 Å². The molecule has 0 aliphatic rings. The molecule has 0 radical (unpaired) electrons. The Kier molecular flexibility index (Phi) is 7.22. The number of thiazole rings is 1. The Bertz CT molecular complexity index is 1030. The lowest BCUT2D eigenvalue weighted by atomic mass is 10.1. The van der Waals surface area contributed by atoms with Crippen LogP contribution in [0.5, 0.6) is 0 Å². The molecule has 0 aliphatic heterocycles. The van der Waals surface area contributed by atoms with Crippen LogP contribution in [0.2, 0.25) is 0 Å². The van der Waals surface area contributed by atoms with E-state index < -0.39 is 0 Å². The van der Waals surface area contributed by atoms with Gasteiger partial charge in [-0.2, -0.15) is 0 Å². The SMILES string of the molecule is CCn1c(CC(=O)Nc2ccc(C)cc2C)nnc1S[C@@H](C)C(=O)Nc1nccs1. The van der Waals surface area contributed by atoms with Crippen molar-refractivity contribution in [1.82, 2.24) is 19.7 Å². The fourth-order valence-corrected chi connectivity index (χ4v) is 4.31. The number of anilines is 2. The van der Waals surface area contributed by atoms with E-state index in [4.69, 9.17) is 0 Å². The van der Waals surface area contributed by atoms with Crippen LogP contribution in [0.15, 0.2) is 34.9 Å². The number of hydrogen-bond acceptors (Lipinski definition) is 7. The van der Waals surface area contributed by atoms with Crippen molar-refractivity contribution >= 4 is 45.7 Å². The average molecular weight is 445 g/mol. The van der Waals surface area contributed by atoms with Gasteiger partial charge in [-0.05, 0) is 39.3 Å². The topological polar surface area (TPSA) is 102 Å². The van der Waals surface area contributed by atoms with Gasteiger partial charge in [0.25, 0.3) is 0 Å². The van der Waals surface area contributed by atoms with Gasteiger partial charge >= 0.3 is 0 Å². The smallest absolute Gasteiger partial charge is 0.239 e. The predicted octanol–water partition coefficient (Wildman–Crippen LogP) is 3.67. The molecular weight excluding hydrogens is 420 g/mol. The van der Waals surface area contributed by atoms with E-state index >= 15 is 0 Å². The Balaban J connectivity index is 1.64. The molecule has 2 amide bonds. The largest absolute Gasteiger partial charge is 0.325 e. The van der Waals surface area contributed by atoms with E-state index in [1.54, 1.807) is 18.5 Å². The molecule has 8 nitrogen and oxygen atoms in total. The zero-order valence-corrected chi connectivity index (χ0v) is 18.9. The lowest BCUT2D eigenvalue weighted by Gasteiger charge is -2.12. The summed E-state index contributed by atoms with van der Waals surface area (Å²) in [6.45, 7) is 8.33. The first-order chi connectivity index (χ1) is 14.4. The van der Waals surface area contributed by atoms with E-state index in [1.807, 2.05) is 43.5 Å². The zero-order valence-electron chi connectivity index (χ0n) is 17.3. The predicted molar refractivity (Wildman–Crippen MR) is 120 cm³/mol. The molecule has 0 bridgehead atoms. The third kappa shape index (κ3) is 5.45. The number of aryl methyl sites for hydroxylation is 2. The van der Waals surface area contributed by atoms with Crippen molar-refractivity contribution in [2.45, 2.75) is 51.1 Å². The van der Waals surface area contributed by atoms with Crippen molar-refractivity contribution in [3.05, 3.63) is 46.7 Å². The Morgan fingerprint density at radius 3 is 2.70 bits per heavy atom. The third-order valence-corrected chi connectivity index (χ3v) is 6.17. The van der Waals surface area contributed by atoms with Crippen LogP contribution in [0.1, 0.15) is 30.8 Å². The molecule has 158 valence electrons. The summed E-state index contributed by atoms with van der Waals surface area (Å²) in [4.78, 5) is 29.0. The minimum Gasteiger partial charge on any atom is -0.325 e. The molecule has 0 spiro atoms. The molecule has 3 rings (SSSR count). The monoisotopic (exact) mass is 444 g/mol. The van der Waals surface area contributed by atoms with Crippen molar-refractivity contribution in [3.63, 3.8) is 0 Å². The summed E-state index contributed by atoms with van der Waals surface area (Å²) in [5.41, 5.74) is 2.94. The van der Waals surface area contributed by atoms with E-state index in [0.29, 0.717) is 22.7 Å². The molecule has 0 unspecified atom stereocenters. The Hall–Kier alpha value is -2.72. The highest BCUT2D eigenvalue weighted by Crippen LogP contribution is 2.24. The number of hydrogen-bond donors (Lipinski definition) is 2. The Morgan fingerprint density at radius 1 is 1.23 bits per heavy atom. The van der Waals surface area contributed by atoms with Crippen LogP contribution < -0.4 is 10.6 Å². The van der Waals surface area contributed by atoms with Crippen LogP contribution in [-0.4, -0.2) is 36.8 Å². The van der Waals surface area contributed by atoms with Gasteiger partial charge in [-0.3, -0.25) is 9.59 Å². The van der Waals surface area contributed by atoms with Crippen LogP contribution in [0.25, 0.3) is 0 Å². The van der Waals surface area contributed by atoms with E-state index in [-0.39, 0.29) is 23.5 Å². The molecular formula is C20H24N6O2S2. The maximum atomic E-state index is 12.5. The van der Waals surface area contributed by atoms with Crippen LogP contribution >= 0.6 is 23.1 Å². The minimum atomic E-state index is -0.389. The van der Waals surface area contributed by atoms with Gasteiger partial charge in [0.2, 0.25) is 11.8 Å². The molecule has 2 aromatic heterocycles. The summed E-state index contributed by atoms with van der Waals surface area (Å²) in [5, 5.41) is 16.7. The second kappa shape index (κ2) is 9.86. The summed E-state index contributed by atoms with van der Waals surface area (Å²) in [6, 6.07) is 5.89. The summed E-state index contributed by atoms with van der Waals surface area (Å²) >= 11 is 2.67. The van der Waals surface area contributed by atoms with Gasteiger partial charge in [-0.1, -0.05) is 29.5 Å². The van der Waals surface area contributed by atoms with Crippen molar-refractivity contribution < 1.29 is 9.59 Å². The van der Waals surface area contributed by atoms with Gasteiger partial charge < -0.3 is 15.2 Å². The number of nitrogens with zero attached hydrogens (tertiary/aromatic N) is 4. The highest BCUT2D eigenvalue weighted by Gasteiger charge is 2.21. The first-order valence-electron chi connectivity index (χ1n) is 9.53. The summed E-state index contributed by atoms with van der Waals surface area (Å²) in [7, 11) is 0.